The highest BCUT2D eigenvalue weighted by molar-refractivity contribution is 5.84. The first kappa shape index (κ1) is 25.6. The Labute approximate surface area is 165 Å². The van der Waals surface area contributed by atoms with Crippen molar-refractivity contribution in [1.29, 1.82) is 0 Å². The Morgan fingerprint density at radius 3 is 1.59 bits per heavy atom. The smallest absolute Gasteiger partial charge is 0.326 e. The van der Waals surface area contributed by atoms with Crippen LogP contribution >= 0.6 is 0 Å². The number of carbonyl (C=O) groups excluding carboxylic acids is 2. The standard InChI is InChI=1S/C22H41NO4/c1-3-4-5-6-7-8-9-10-11-12-13-14-15-16-21(25)23-20(22(26)27)18-17-19(2)24/h20H,3-18H2,1-2H3,(H,23,25)(H,26,27). The molecule has 0 heterocycles. The number of aliphatic carboxylic acids is 1. The molecule has 0 fully saturated rings. The minimum absolute atomic E-state index is 0.0630. The Kier molecular flexibility index (Phi) is 17.1. The molecule has 27 heavy (non-hydrogen) atoms. The highest BCUT2D eigenvalue weighted by Crippen LogP contribution is 2.13. The van der Waals surface area contributed by atoms with Gasteiger partial charge in [0.05, 0.1) is 0 Å². The monoisotopic (exact) mass is 383 g/mol. The van der Waals surface area contributed by atoms with Crippen LogP contribution in [0.5, 0.6) is 0 Å². The fourth-order valence-corrected chi connectivity index (χ4v) is 3.17. The molecule has 5 nitrogen and oxygen atoms in total. The van der Waals surface area contributed by atoms with E-state index in [-0.39, 0.29) is 24.5 Å². The lowest BCUT2D eigenvalue weighted by Crippen LogP contribution is -2.40. The van der Waals surface area contributed by atoms with E-state index in [4.69, 9.17) is 5.11 Å². The molecule has 0 aromatic heterocycles. The van der Waals surface area contributed by atoms with E-state index < -0.39 is 12.0 Å². The summed E-state index contributed by atoms with van der Waals surface area (Å²) in [6.07, 6.45) is 17.0. The van der Waals surface area contributed by atoms with Crippen LogP contribution in [0.4, 0.5) is 0 Å². The molecule has 0 bridgehead atoms. The lowest BCUT2D eigenvalue weighted by Gasteiger charge is -2.13. The molecular formula is C22H41NO4. The normalized spacial score (nSPS) is 11.9. The van der Waals surface area contributed by atoms with Gasteiger partial charge in [-0.25, -0.2) is 4.79 Å². The molecule has 1 atom stereocenters. The summed E-state index contributed by atoms with van der Waals surface area (Å²) in [5.74, 6) is -1.36. The van der Waals surface area contributed by atoms with Gasteiger partial charge in [-0.15, -0.1) is 0 Å². The average molecular weight is 384 g/mol. The topological polar surface area (TPSA) is 83.5 Å². The molecule has 5 heteroatoms. The molecule has 158 valence electrons. The van der Waals surface area contributed by atoms with Crippen LogP contribution in [0, 0.1) is 0 Å². The van der Waals surface area contributed by atoms with Crippen molar-refractivity contribution >= 4 is 17.7 Å². The molecule has 0 rings (SSSR count). The first-order valence-corrected chi connectivity index (χ1v) is 11.0. The second-order valence-electron chi connectivity index (χ2n) is 7.69. The highest BCUT2D eigenvalue weighted by Gasteiger charge is 2.19. The first-order chi connectivity index (χ1) is 13.0. The fraction of sp³-hybridized carbons (Fsp3) is 0.864. The molecular weight excluding hydrogens is 342 g/mol. The molecule has 0 spiro atoms. The minimum atomic E-state index is -1.07. The predicted molar refractivity (Wildman–Crippen MR) is 110 cm³/mol. The van der Waals surface area contributed by atoms with Gasteiger partial charge in [-0.2, -0.15) is 0 Å². The zero-order chi connectivity index (χ0) is 20.3. The van der Waals surface area contributed by atoms with Crippen molar-refractivity contribution in [3.05, 3.63) is 0 Å². The maximum absolute atomic E-state index is 11.8. The van der Waals surface area contributed by atoms with Gasteiger partial charge in [0.2, 0.25) is 5.91 Å². The molecule has 0 aliphatic heterocycles. The van der Waals surface area contributed by atoms with Crippen LogP contribution in [0.1, 0.15) is 117 Å². The van der Waals surface area contributed by atoms with Crippen LogP contribution in [0.2, 0.25) is 0 Å². The lowest BCUT2D eigenvalue weighted by atomic mass is 10.0. The third kappa shape index (κ3) is 17.8. The second kappa shape index (κ2) is 18.0. The summed E-state index contributed by atoms with van der Waals surface area (Å²) < 4.78 is 0. The van der Waals surface area contributed by atoms with E-state index >= 15 is 0 Å². The molecule has 2 N–H and O–H groups in total. The largest absolute Gasteiger partial charge is 0.480 e. The Balaban J connectivity index is 3.51. The van der Waals surface area contributed by atoms with Gasteiger partial charge >= 0.3 is 5.97 Å². The molecule has 1 unspecified atom stereocenters. The van der Waals surface area contributed by atoms with Crippen LogP contribution in [0.25, 0.3) is 0 Å². The van der Waals surface area contributed by atoms with E-state index in [1.807, 2.05) is 0 Å². The maximum atomic E-state index is 11.8. The first-order valence-electron chi connectivity index (χ1n) is 11.0. The van der Waals surface area contributed by atoms with E-state index in [1.54, 1.807) is 0 Å². The van der Waals surface area contributed by atoms with Crippen LogP contribution in [0.15, 0.2) is 0 Å². The van der Waals surface area contributed by atoms with Gasteiger partial charge in [-0.1, -0.05) is 84.0 Å². The molecule has 0 aromatic rings. The number of carbonyl (C=O) groups is 3. The lowest BCUT2D eigenvalue weighted by molar-refractivity contribution is -0.142. The number of hydrogen-bond donors (Lipinski definition) is 2. The minimum Gasteiger partial charge on any atom is -0.480 e. The number of ketones is 1. The Morgan fingerprint density at radius 1 is 0.741 bits per heavy atom. The Bertz CT molecular complexity index is 409. The molecule has 1 amide bonds. The summed E-state index contributed by atoms with van der Waals surface area (Å²) in [4.78, 5) is 33.9. The molecule has 0 saturated carbocycles. The summed E-state index contributed by atoms with van der Waals surface area (Å²) in [7, 11) is 0. The van der Waals surface area contributed by atoms with Crippen molar-refractivity contribution in [3.63, 3.8) is 0 Å². The summed E-state index contributed by atoms with van der Waals surface area (Å²) in [5, 5.41) is 11.6. The van der Waals surface area contributed by atoms with Crippen molar-refractivity contribution in [2.24, 2.45) is 0 Å². The average Bonchev–Trinajstić information content (AvgIpc) is 2.62. The zero-order valence-electron chi connectivity index (χ0n) is 17.6. The van der Waals surface area contributed by atoms with E-state index in [0.717, 1.165) is 19.3 Å². The summed E-state index contributed by atoms with van der Waals surface area (Å²) in [6, 6.07) is -0.955. The van der Waals surface area contributed by atoms with Gasteiger partial charge < -0.3 is 15.2 Å². The molecule has 0 aromatic carbocycles. The Morgan fingerprint density at radius 2 is 1.19 bits per heavy atom. The fourth-order valence-electron chi connectivity index (χ4n) is 3.17. The van der Waals surface area contributed by atoms with E-state index in [1.165, 1.54) is 71.1 Å². The number of hydrogen-bond acceptors (Lipinski definition) is 3. The highest BCUT2D eigenvalue weighted by atomic mass is 16.4. The molecule has 0 saturated heterocycles. The van der Waals surface area contributed by atoms with Gasteiger partial charge in [0, 0.05) is 12.8 Å². The summed E-state index contributed by atoms with van der Waals surface area (Å²) >= 11 is 0. The molecule has 0 aliphatic rings. The van der Waals surface area contributed by atoms with Crippen molar-refractivity contribution in [2.75, 3.05) is 0 Å². The maximum Gasteiger partial charge on any atom is 0.326 e. The predicted octanol–water partition coefficient (Wildman–Crippen LogP) is 5.41. The van der Waals surface area contributed by atoms with Crippen molar-refractivity contribution < 1.29 is 19.5 Å². The van der Waals surface area contributed by atoms with Gasteiger partial charge in [0.1, 0.15) is 11.8 Å². The zero-order valence-corrected chi connectivity index (χ0v) is 17.6. The number of carboxylic acid groups (broad SMARTS) is 1. The van der Waals surface area contributed by atoms with Crippen molar-refractivity contribution in [2.45, 2.75) is 123 Å². The van der Waals surface area contributed by atoms with Crippen molar-refractivity contribution in [1.82, 2.24) is 5.32 Å². The third-order valence-electron chi connectivity index (χ3n) is 4.93. The summed E-state index contributed by atoms with van der Waals surface area (Å²) in [5.41, 5.74) is 0. The third-order valence-corrected chi connectivity index (χ3v) is 4.93. The van der Waals surface area contributed by atoms with E-state index in [9.17, 15) is 14.4 Å². The number of amides is 1. The SMILES string of the molecule is CCCCCCCCCCCCCCCC(=O)NC(CCC(C)=O)C(=O)O. The number of nitrogens with one attached hydrogen (secondary N) is 1. The Hall–Kier alpha value is -1.39. The van der Waals surface area contributed by atoms with Gasteiger partial charge in [0.25, 0.3) is 0 Å². The van der Waals surface area contributed by atoms with Gasteiger partial charge in [-0.3, -0.25) is 4.79 Å². The number of rotatable bonds is 19. The number of Topliss-reactive ketones (excluding diaryl/α,β-unsaturated/α-hetero) is 1. The van der Waals surface area contributed by atoms with Gasteiger partial charge in [-0.05, 0) is 19.8 Å². The van der Waals surface area contributed by atoms with Crippen molar-refractivity contribution in [3.8, 4) is 0 Å². The molecule has 0 radical (unpaired) electrons. The van der Waals surface area contributed by atoms with Crippen LogP contribution in [-0.2, 0) is 14.4 Å². The quantitative estimate of drug-likeness (QED) is 0.292. The van der Waals surface area contributed by atoms with E-state index in [0.29, 0.717) is 6.42 Å². The van der Waals surface area contributed by atoms with E-state index in [2.05, 4.69) is 12.2 Å². The molecule has 0 aliphatic carbocycles. The van der Waals surface area contributed by atoms with Crippen LogP contribution in [0.3, 0.4) is 0 Å². The summed E-state index contributed by atoms with van der Waals surface area (Å²) in [6.45, 7) is 3.67. The van der Waals surface area contributed by atoms with Gasteiger partial charge in [0.15, 0.2) is 0 Å². The van der Waals surface area contributed by atoms with Crippen LogP contribution in [-0.4, -0.2) is 28.8 Å². The number of unbranched alkanes of at least 4 members (excludes halogenated alkanes) is 12. The second-order valence-corrected chi connectivity index (χ2v) is 7.69. The number of carboxylic acids is 1. The van der Waals surface area contributed by atoms with Crippen LogP contribution < -0.4 is 5.32 Å².